The molecule has 1 aromatic heterocycles. The van der Waals surface area contributed by atoms with Gasteiger partial charge >= 0.3 is 0 Å². The van der Waals surface area contributed by atoms with E-state index in [2.05, 4.69) is 73.9 Å². The maximum absolute atomic E-state index is 2.59. The summed E-state index contributed by atoms with van der Waals surface area (Å²) in [4.78, 5) is 0. The molecule has 4 rings (SSSR count). The van der Waals surface area contributed by atoms with Gasteiger partial charge in [-0.05, 0) is 74.8 Å². The first kappa shape index (κ1) is 16.2. The smallest absolute Gasteiger partial charge is 0.0493 e. The fourth-order valence-electron chi connectivity index (χ4n) is 4.50. The number of fused-ring (bicyclic) bond motifs is 1. The Morgan fingerprint density at radius 2 is 1.52 bits per heavy atom. The summed E-state index contributed by atoms with van der Waals surface area (Å²) in [6.45, 7) is 7.68. The molecule has 0 fully saturated rings. The van der Waals surface area contributed by atoms with Crippen LogP contribution in [0.3, 0.4) is 0 Å². The standard InChI is InChI=1S/C24H27N/c1-17-13-18(2)24(19(3)14-17)23-15-21-11-7-8-12-22(21)25(23)16-20-9-5-4-6-10-20/h4-6,9-10,13-15H,7-8,11-12,16H2,1-3H3. The molecular formula is C24H27N. The highest BCUT2D eigenvalue weighted by atomic mass is 15.0. The minimum absolute atomic E-state index is 0.970. The quantitative estimate of drug-likeness (QED) is 0.555. The van der Waals surface area contributed by atoms with E-state index in [1.54, 1.807) is 11.3 Å². The number of aromatic nitrogens is 1. The largest absolute Gasteiger partial charge is 0.340 e. The van der Waals surface area contributed by atoms with Crippen LogP contribution in [0.4, 0.5) is 0 Å². The van der Waals surface area contributed by atoms with E-state index >= 15 is 0 Å². The van der Waals surface area contributed by atoms with Crippen LogP contribution in [0.5, 0.6) is 0 Å². The molecule has 0 radical (unpaired) electrons. The molecule has 0 bridgehead atoms. The summed E-state index contributed by atoms with van der Waals surface area (Å²) in [6.07, 6.45) is 5.09. The van der Waals surface area contributed by atoms with Crippen LogP contribution in [0, 0.1) is 20.8 Å². The molecule has 3 aromatic rings. The molecule has 0 N–H and O–H groups in total. The van der Waals surface area contributed by atoms with Gasteiger partial charge in [0.2, 0.25) is 0 Å². The lowest BCUT2D eigenvalue weighted by molar-refractivity contribution is 0.633. The third-order valence-electron chi connectivity index (χ3n) is 5.52. The van der Waals surface area contributed by atoms with Gasteiger partial charge in [0.25, 0.3) is 0 Å². The molecule has 0 spiro atoms. The average Bonchev–Trinajstić information content (AvgIpc) is 2.93. The third-order valence-corrected chi connectivity index (χ3v) is 5.52. The Morgan fingerprint density at radius 1 is 0.840 bits per heavy atom. The van der Waals surface area contributed by atoms with Gasteiger partial charge in [-0.15, -0.1) is 0 Å². The van der Waals surface area contributed by atoms with E-state index in [0.29, 0.717) is 0 Å². The Morgan fingerprint density at radius 3 is 2.24 bits per heavy atom. The van der Waals surface area contributed by atoms with E-state index in [4.69, 9.17) is 0 Å². The summed E-state index contributed by atoms with van der Waals surface area (Å²) in [5.74, 6) is 0. The van der Waals surface area contributed by atoms with Gasteiger partial charge in [-0.25, -0.2) is 0 Å². The average molecular weight is 329 g/mol. The molecule has 1 nitrogen and oxygen atoms in total. The minimum Gasteiger partial charge on any atom is -0.340 e. The lowest BCUT2D eigenvalue weighted by atomic mass is 9.96. The van der Waals surface area contributed by atoms with Crippen molar-refractivity contribution >= 4 is 0 Å². The van der Waals surface area contributed by atoms with E-state index in [1.807, 2.05) is 0 Å². The molecule has 1 heteroatoms. The molecule has 0 unspecified atom stereocenters. The highest BCUT2D eigenvalue weighted by Gasteiger charge is 2.21. The van der Waals surface area contributed by atoms with Gasteiger partial charge in [-0.3, -0.25) is 0 Å². The molecule has 0 saturated heterocycles. The van der Waals surface area contributed by atoms with E-state index in [9.17, 15) is 0 Å². The van der Waals surface area contributed by atoms with Crippen LogP contribution < -0.4 is 0 Å². The van der Waals surface area contributed by atoms with Crippen molar-refractivity contribution < 1.29 is 0 Å². The van der Waals surface area contributed by atoms with Crippen molar-refractivity contribution in [3.05, 3.63) is 82.0 Å². The number of aryl methyl sites for hydroxylation is 4. The van der Waals surface area contributed by atoms with Crippen molar-refractivity contribution in [3.63, 3.8) is 0 Å². The van der Waals surface area contributed by atoms with Crippen LogP contribution in [-0.4, -0.2) is 4.57 Å². The number of hydrogen-bond donors (Lipinski definition) is 0. The van der Waals surface area contributed by atoms with Gasteiger partial charge in [0.1, 0.15) is 0 Å². The maximum atomic E-state index is 2.59. The molecule has 1 aliphatic carbocycles. The van der Waals surface area contributed by atoms with Crippen molar-refractivity contribution in [2.75, 3.05) is 0 Å². The SMILES string of the molecule is Cc1cc(C)c(-c2cc3c(n2Cc2ccccc2)CCCC3)c(C)c1. The highest BCUT2D eigenvalue weighted by molar-refractivity contribution is 5.71. The highest BCUT2D eigenvalue weighted by Crippen LogP contribution is 2.35. The lowest BCUT2D eigenvalue weighted by Crippen LogP contribution is -2.10. The monoisotopic (exact) mass is 329 g/mol. The Labute approximate surface area is 151 Å². The predicted molar refractivity (Wildman–Crippen MR) is 106 cm³/mol. The van der Waals surface area contributed by atoms with E-state index < -0.39 is 0 Å². The number of benzene rings is 2. The molecule has 1 heterocycles. The zero-order chi connectivity index (χ0) is 17.4. The summed E-state index contributed by atoms with van der Waals surface area (Å²) in [5.41, 5.74) is 11.5. The zero-order valence-electron chi connectivity index (χ0n) is 15.6. The Kier molecular flexibility index (Phi) is 4.25. The molecule has 2 aromatic carbocycles. The third kappa shape index (κ3) is 3.04. The number of nitrogens with zero attached hydrogens (tertiary/aromatic N) is 1. The summed E-state index contributed by atoms with van der Waals surface area (Å²) in [6, 6.07) is 18.0. The fraction of sp³-hybridized carbons (Fsp3) is 0.333. The predicted octanol–water partition coefficient (Wildman–Crippen LogP) is 6.01. The van der Waals surface area contributed by atoms with Crippen LogP contribution in [0.25, 0.3) is 11.3 Å². The maximum Gasteiger partial charge on any atom is 0.0493 e. The molecule has 0 amide bonds. The van der Waals surface area contributed by atoms with Gasteiger partial charge in [0.15, 0.2) is 0 Å². The van der Waals surface area contributed by atoms with Crippen LogP contribution in [-0.2, 0) is 19.4 Å². The number of rotatable bonds is 3. The topological polar surface area (TPSA) is 4.93 Å². The van der Waals surface area contributed by atoms with Gasteiger partial charge in [-0.2, -0.15) is 0 Å². The first-order valence-corrected chi connectivity index (χ1v) is 9.47. The van der Waals surface area contributed by atoms with Crippen LogP contribution in [0.1, 0.15) is 46.4 Å². The summed E-state index contributed by atoms with van der Waals surface area (Å²) < 4.78 is 2.59. The van der Waals surface area contributed by atoms with E-state index in [1.165, 1.54) is 59.2 Å². The lowest BCUT2D eigenvalue weighted by Gasteiger charge is -2.19. The van der Waals surface area contributed by atoms with Crippen molar-refractivity contribution in [2.45, 2.75) is 53.0 Å². The van der Waals surface area contributed by atoms with Crippen molar-refractivity contribution in [1.29, 1.82) is 0 Å². The van der Waals surface area contributed by atoms with Crippen LogP contribution in [0.2, 0.25) is 0 Å². The van der Waals surface area contributed by atoms with Gasteiger partial charge in [-0.1, -0.05) is 48.0 Å². The first-order valence-electron chi connectivity index (χ1n) is 9.47. The Balaban J connectivity index is 1.89. The molecule has 0 saturated carbocycles. The minimum atomic E-state index is 0.970. The van der Waals surface area contributed by atoms with E-state index in [0.717, 1.165) is 6.54 Å². The normalized spacial score (nSPS) is 13.7. The van der Waals surface area contributed by atoms with Crippen LogP contribution >= 0.6 is 0 Å². The van der Waals surface area contributed by atoms with Crippen LogP contribution in [0.15, 0.2) is 48.5 Å². The first-order chi connectivity index (χ1) is 12.1. The van der Waals surface area contributed by atoms with E-state index in [-0.39, 0.29) is 0 Å². The fourth-order valence-corrected chi connectivity index (χ4v) is 4.50. The molecule has 128 valence electrons. The Hall–Kier alpha value is -2.28. The van der Waals surface area contributed by atoms with Crippen molar-refractivity contribution in [2.24, 2.45) is 0 Å². The van der Waals surface area contributed by atoms with Gasteiger partial charge in [0.05, 0.1) is 0 Å². The van der Waals surface area contributed by atoms with Crippen molar-refractivity contribution in [1.82, 2.24) is 4.57 Å². The van der Waals surface area contributed by atoms with Crippen molar-refractivity contribution in [3.8, 4) is 11.3 Å². The van der Waals surface area contributed by atoms with Gasteiger partial charge in [0, 0.05) is 23.5 Å². The molecular weight excluding hydrogens is 302 g/mol. The van der Waals surface area contributed by atoms with Gasteiger partial charge < -0.3 is 4.57 Å². The molecule has 0 aliphatic heterocycles. The second-order valence-electron chi connectivity index (χ2n) is 7.55. The summed E-state index contributed by atoms with van der Waals surface area (Å²) >= 11 is 0. The molecule has 0 atom stereocenters. The second-order valence-corrected chi connectivity index (χ2v) is 7.55. The Bertz CT molecular complexity index is 876. The second kappa shape index (κ2) is 6.55. The number of hydrogen-bond acceptors (Lipinski definition) is 0. The molecule has 25 heavy (non-hydrogen) atoms. The summed E-state index contributed by atoms with van der Waals surface area (Å²) in [5, 5.41) is 0. The summed E-state index contributed by atoms with van der Waals surface area (Å²) in [7, 11) is 0. The zero-order valence-corrected chi connectivity index (χ0v) is 15.6. The molecule has 1 aliphatic rings.